The summed E-state index contributed by atoms with van der Waals surface area (Å²) in [6.45, 7) is 12.1. The van der Waals surface area contributed by atoms with Crippen LogP contribution >= 0.6 is 0 Å². The number of hydrogen-bond acceptors (Lipinski definition) is 3. The molecule has 2 fully saturated rings. The number of hydrogen-bond donors (Lipinski definition) is 2. The SMILES string of the molecule is CC(CN1CC(C)(C)NC(C)(C)C1=O)NC1CCCCC1. The lowest BCUT2D eigenvalue weighted by Gasteiger charge is -2.48. The molecule has 122 valence electrons. The van der Waals surface area contributed by atoms with Gasteiger partial charge in [0.15, 0.2) is 0 Å². The van der Waals surface area contributed by atoms with Crippen LogP contribution in [0.4, 0.5) is 0 Å². The zero-order valence-corrected chi connectivity index (χ0v) is 14.5. The van der Waals surface area contributed by atoms with E-state index < -0.39 is 5.54 Å². The maximum Gasteiger partial charge on any atom is 0.242 e. The summed E-state index contributed by atoms with van der Waals surface area (Å²) in [6, 6.07) is 1.01. The Bertz CT molecular complexity index is 372. The Morgan fingerprint density at radius 1 is 1.24 bits per heavy atom. The monoisotopic (exact) mass is 295 g/mol. The quantitative estimate of drug-likeness (QED) is 0.836. The summed E-state index contributed by atoms with van der Waals surface area (Å²) < 4.78 is 0. The van der Waals surface area contributed by atoms with Gasteiger partial charge in [0.2, 0.25) is 5.91 Å². The standard InChI is InChI=1S/C17H33N3O/c1-13(18-14-9-7-6-8-10-14)11-20-12-16(2,3)19-17(4,5)15(20)21/h13-14,18-19H,6-12H2,1-5H3. The molecule has 1 unspecified atom stereocenters. The zero-order chi connectivity index (χ0) is 15.7. The van der Waals surface area contributed by atoms with Crippen molar-refractivity contribution >= 4 is 5.91 Å². The topological polar surface area (TPSA) is 44.4 Å². The van der Waals surface area contributed by atoms with Gasteiger partial charge in [0.1, 0.15) is 0 Å². The first-order chi connectivity index (χ1) is 9.70. The van der Waals surface area contributed by atoms with Gasteiger partial charge in [0, 0.05) is 30.7 Å². The molecule has 2 rings (SSSR count). The predicted molar refractivity (Wildman–Crippen MR) is 87.3 cm³/mol. The van der Waals surface area contributed by atoms with E-state index in [1.165, 1.54) is 32.1 Å². The maximum absolute atomic E-state index is 12.6. The molecule has 1 saturated carbocycles. The number of carbonyl (C=O) groups is 1. The molecule has 0 bridgehead atoms. The van der Waals surface area contributed by atoms with Crippen molar-refractivity contribution in [3.8, 4) is 0 Å². The third-order valence-corrected chi connectivity index (χ3v) is 4.68. The summed E-state index contributed by atoms with van der Waals surface area (Å²) in [5.74, 6) is 0.221. The van der Waals surface area contributed by atoms with Crippen LogP contribution in [0, 0.1) is 0 Å². The summed E-state index contributed by atoms with van der Waals surface area (Å²) in [5.41, 5.74) is -0.492. The van der Waals surface area contributed by atoms with Gasteiger partial charge in [0.25, 0.3) is 0 Å². The zero-order valence-electron chi connectivity index (χ0n) is 14.5. The largest absolute Gasteiger partial charge is 0.338 e. The lowest BCUT2D eigenvalue weighted by atomic mass is 9.90. The van der Waals surface area contributed by atoms with Crippen LogP contribution in [-0.2, 0) is 4.79 Å². The second-order valence-corrected chi connectivity index (χ2v) is 8.22. The molecule has 0 aromatic heterocycles. The Balaban J connectivity index is 1.92. The minimum atomic E-state index is -0.466. The molecule has 2 aliphatic rings. The summed E-state index contributed by atoms with van der Waals surface area (Å²) in [6.07, 6.45) is 6.65. The molecule has 0 aromatic carbocycles. The molecular formula is C17H33N3O. The fraction of sp³-hybridized carbons (Fsp3) is 0.941. The molecule has 4 nitrogen and oxygen atoms in total. The lowest BCUT2D eigenvalue weighted by Crippen LogP contribution is -2.70. The molecule has 1 heterocycles. The van der Waals surface area contributed by atoms with E-state index in [-0.39, 0.29) is 11.4 Å². The van der Waals surface area contributed by atoms with E-state index in [0.29, 0.717) is 12.1 Å². The summed E-state index contributed by atoms with van der Waals surface area (Å²) in [7, 11) is 0. The van der Waals surface area contributed by atoms with Gasteiger partial charge in [-0.15, -0.1) is 0 Å². The highest BCUT2D eigenvalue weighted by Crippen LogP contribution is 2.23. The maximum atomic E-state index is 12.6. The van der Waals surface area contributed by atoms with Gasteiger partial charge in [-0.2, -0.15) is 0 Å². The average Bonchev–Trinajstić information content (AvgIpc) is 2.35. The number of carbonyl (C=O) groups excluding carboxylic acids is 1. The van der Waals surface area contributed by atoms with Gasteiger partial charge in [-0.1, -0.05) is 19.3 Å². The van der Waals surface area contributed by atoms with E-state index in [0.717, 1.165) is 13.1 Å². The van der Waals surface area contributed by atoms with Crippen molar-refractivity contribution in [3.05, 3.63) is 0 Å². The molecule has 2 N–H and O–H groups in total. The van der Waals surface area contributed by atoms with Crippen LogP contribution < -0.4 is 10.6 Å². The molecule has 4 heteroatoms. The molecule has 0 radical (unpaired) electrons. The number of rotatable bonds is 4. The van der Waals surface area contributed by atoms with Gasteiger partial charge < -0.3 is 10.2 Å². The average molecular weight is 295 g/mol. The first-order valence-electron chi connectivity index (χ1n) is 8.54. The van der Waals surface area contributed by atoms with Gasteiger partial charge in [-0.05, 0) is 47.5 Å². The van der Waals surface area contributed by atoms with Crippen molar-refractivity contribution in [2.45, 2.75) is 89.9 Å². The van der Waals surface area contributed by atoms with E-state index >= 15 is 0 Å². The number of amides is 1. The van der Waals surface area contributed by atoms with E-state index in [9.17, 15) is 4.79 Å². The van der Waals surface area contributed by atoms with Crippen LogP contribution in [0.3, 0.4) is 0 Å². The number of piperazine rings is 1. The minimum absolute atomic E-state index is 0.0258. The van der Waals surface area contributed by atoms with Crippen LogP contribution in [0.5, 0.6) is 0 Å². The van der Waals surface area contributed by atoms with Crippen molar-refractivity contribution < 1.29 is 4.79 Å². The molecule has 1 saturated heterocycles. The smallest absolute Gasteiger partial charge is 0.242 e. The Morgan fingerprint density at radius 2 is 1.86 bits per heavy atom. The van der Waals surface area contributed by atoms with E-state index in [1.54, 1.807) is 0 Å². The summed E-state index contributed by atoms with van der Waals surface area (Å²) in [4.78, 5) is 14.6. The summed E-state index contributed by atoms with van der Waals surface area (Å²) in [5, 5.41) is 7.18. The van der Waals surface area contributed by atoms with Gasteiger partial charge in [0.05, 0.1) is 5.54 Å². The van der Waals surface area contributed by atoms with Crippen molar-refractivity contribution in [1.82, 2.24) is 15.5 Å². The Labute approximate surface area is 130 Å². The first-order valence-corrected chi connectivity index (χ1v) is 8.54. The molecular weight excluding hydrogens is 262 g/mol. The van der Waals surface area contributed by atoms with Crippen molar-refractivity contribution in [3.63, 3.8) is 0 Å². The van der Waals surface area contributed by atoms with E-state index in [4.69, 9.17) is 0 Å². The molecule has 21 heavy (non-hydrogen) atoms. The van der Waals surface area contributed by atoms with Gasteiger partial charge in [-0.25, -0.2) is 0 Å². The second-order valence-electron chi connectivity index (χ2n) is 8.22. The molecule has 0 spiro atoms. The molecule has 1 aliphatic heterocycles. The highest BCUT2D eigenvalue weighted by molar-refractivity contribution is 5.86. The predicted octanol–water partition coefficient (Wildman–Crippen LogP) is 2.29. The molecule has 1 amide bonds. The van der Waals surface area contributed by atoms with Crippen LogP contribution in [0.15, 0.2) is 0 Å². The van der Waals surface area contributed by atoms with E-state index in [1.807, 2.05) is 18.7 Å². The van der Waals surface area contributed by atoms with Crippen molar-refractivity contribution in [2.24, 2.45) is 0 Å². The highest BCUT2D eigenvalue weighted by Gasteiger charge is 2.43. The minimum Gasteiger partial charge on any atom is -0.338 e. The molecule has 1 atom stereocenters. The number of nitrogens with one attached hydrogen (secondary N) is 2. The van der Waals surface area contributed by atoms with Crippen LogP contribution in [0.2, 0.25) is 0 Å². The lowest BCUT2D eigenvalue weighted by molar-refractivity contribution is -0.144. The van der Waals surface area contributed by atoms with Crippen LogP contribution in [0.25, 0.3) is 0 Å². The second kappa shape index (κ2) is 6.25. The van der Waals surface area contributed by atoms with Crippen molar-refractivity contribution in [2.75, 3.05) is 13.1 Å². The molecule has 0 aromatic rings. The summed E-state index contributed by atoms with van der Waals surface area (Å²) >= 11 is 0. The normalized spacial score (nSPS) is 27.7. The first kappa shape index (κ1) is 16.8. The Hall–Kier alpha value is -0.610. The Kier molecular flexibility index (Phi) is 4.99. The fourth-order valence-electron chi connectivity index (χ4n) is 4.09. The third kappa shape index (κ3) is 4.43. The van der Waals surface area contributed by atoms with Gasteiger partial charge >= 0.3 is 0 Å². The van der Waals surface area contributed by atoms with Crippen LogP contribution in [0.1, 0.15) is 66.7 Å². The number of nitrogens with zero attached hydrogens (tertiary/aromatic N) is 1. The van der Waals surface area contributed by atoms with E-state index in [2.05, 4.69) is 31.4 Å². The third-order valence-electron chi connectivity index (χ3n) is 4.68. The Morgan fingerprint density at radius 3 is 2.48 bits per heavy atom. The molecule has 1 aliphatic carbocycles. The van der Waals surface area contributed by atoms with Gasteiger partial charge in [-0.3, -0.25) is 10.1 Å². The van der Waals surface area contributed by atoms with Crippen molar-refractivity contribution in [1.29, 1.82) is 0 Å². The highest BCUT2D eigenvalue weighted by atomic mass is 16.2. The van der Waals surface area contributed by atoms with Crippen LogP contribution in [-0.4, -0.2) is 47.1 Å². The fourth-order valence-corrected chi connectivity index (χ4v) is 4.09.